The van der Waals surface area contributed by atoms with Crippen LogP contribution in [-0.4, -0.2) is 30.3 Å². The highest BCUT2D eigenvalue weighted by Crippen LogP contribution is 2.29. The van der Waals surface area contributed by atoms with Crippen LogP contribution in [0, 0.1) is 0 Å². The number of hydrogen-bond acceptors (Lipinski definition) is 4. The Morgan fingerprint density at radius 3 is 2.88 bits per heavy atom. The monoisotopic (exact) mass is 217 g/mol. The summed E-state index contributed by atoms with van der Waals surface area (Å²) < 4.78 is 0. The third-order valence-corrected chi connectivity index (χ3v) is 2.68. The van der Waals surface area contributed by atoms with Crippen LogP contribution in [0.3, 0.4) is 0 Å². The third-order valence-electron chi connectivity index (χ3n) is 2.68. The summed E-state index contributed by atoms with van der Waals surface area (Å²) in [7, 11) is 1.95. The van der Waals surface area contributed by atoms with Crippen LogP contribution in [-0.2, 0) is 0 Å². The minimum atomic E-state index is 0.132. The Labute approximate surface area is 94.3 Å². The molecule has 4 heteroatoms. The molecule has 84 valence electrons. The zero-order chi connectivity index (χ0) is 11.5. The van der Waals surface area contributed by atoms with E-state index in [0.717, 1.165) is 22.1 Å². The van der Waals surface area contributed by atoms with Crippen LogP contribution in [0.4, 0.5) is 11.4 Å². The number of aliphatic hydroxyl groups is 1. The average molecular weight is 217 g/mol. The van der Waals surface area contributed by atoms with Gasteiger partial charge in [0.2, 0.25) is 0 Å². The molecule has 3 N–H and O–H groups in total. The maximum absolute atomic E-state index is 8.95. The van der Waals surface area contributed by atoms with Gasteiger partial charge in [0, 0.05) is 48.1 Å². The standard InChI is InChI=1S/C12H15N3O/c1-15(6-7-16)12-3-2-11(13)10-8-14-5-4-9(10)12/h2-5,8,16H,6-7,13H2,1H3. The van der Waals surface area contributed by atoms with Crippen LogP contribution < -0.4 is 10.6 Å². The molecule has 0 aliphatic heterocycles. The Balaban J connectivity index is 2.58. The lowest BCUT2D eigenvalue weighted by Crippen LogP contribution is -2.21. The van der Waals surface area contributed by atoms with Crippen LogP contribution in [0.2, 0.25) is 0 Å². The van der Waals surface area contributed by atoms with E-state index in [2.05, 4.69) is 4.98 Å². The average Bonchev–Trinajstić information content (AvgIpc) is 2.30. The zero-order valence-electron chi connectivity index (χ0n) is 9.22. The summed E-state index contributed by atoms with van der Waals surface area (Å²) in [5.74, 6) is 0. The van der Waals surface area contributed by atoms with Gasteiger partial charge in [-0.2, -0.15) is 0 Å². The summed E-state index contributed by atoms with van der Waals surface area (Å²) in [5, 5.41) is 11.0. The summed E-state index contributed by atoms with van der Waals surface area (Å²) in [4.78, 5) is 6.07. The van der Waals surface area contributed by atoms with Crippen molar-refractivity contribution < 1.29 is 5.11 Å². The largest absolute Gasteiger partial charge is 0.398 e. The first-order valence-electron chi connectivity index (χ1n) is 5.18. The number of nitrogens with two attached hydrogens (primary N) is 1. The number of likely N-dealkylation sites (N-methyl/N-ethyl adjacent to an activating group) is 1. The van der Waals surface area contributed by atoms with Crippen LogP contribution in [0.5, 0.6) is 0 Å². The number of benzene rings is 1. The molecule has 0 fully saturated rings. The molecular weight excluding hydrogens is 202 g/mol. The molecular formula is C12H15N3O. The molecule has 2 aromatic rings. The molecule has 0 saturated heterocycles. The van der Waals surface area contributed by atoms with Gasteiger partial charge in [-0.05, 0) is 18.2 Å². The van der Waals surface area contributed by atoms with E-state index >= 15 is 0 Å². The Morgan fingerprint density at radius 1 is 1.31 bits per heavy atom. The van der Waals surface area contributed by atoms with Crippen LogP contribution in [0.15, 0.2) is 30.6 Å². The van der Waals surface area contributed by atoms with Crippen molar-refractivity contribution in [2.45, 2.75) is 0 Å². The van der Waals surface area contributed by atoms with Gasteiger partial charge in [-0.3, -0.25) is 4.98 Å². The quantitative estimate of drug-likeness (QED) is 0.759. The molecule has 0 unspecified atom stereocenters. The second-order valence-electron chi connectivity index (χ2n) is 3.74. The molecule has 4 nitrogen and oxygen atoms in total. The number of pyridine rings is 1. The molecule has 0 spiro atoms. The second kappa shape index (κ2) is 4.37. The number of rotatable bonds is 3. The van der Waals surface area contributed by atoms with E-state index in [0.29, 0.717) is 6.54 Å². The Bertz CT molecular complexity index is 499. The van der Waals surface area contributed by atoms with Gasteiger partial charge in [0.05, 0.1) is 6.61 Å². The zero-order valence-corrected chi connectivity index (χ0v) is 9.22. The molecule has 0 radical (unpaired) electrons. The van der Waals surface area contributed by atoms with Gasteiger partial charge in [0.15, 0.2) is 0 Å². The highest BCUT2D eigenvalue weighted by atomic mass is 16.3. The number of nitrogen functional groups attached to an aromatic ring is 1. The van der Waals surface area contributed by atoms with E-state index < -0.39 is 0 Å². The minimum Gasteiger partial charge on any atom is -0.398 e. The lowest BCUT2D eigenvalue weighted by Gasteiger charge is -2.20. The van der Waals surface area contributed by atoms with E-state index in [1.54, 1.807) is 12.4 Å². The molecule has 1 aromatic carbocycles. The molecule has 1 aromatic heterocycles. The molecule has 0 bridgehead atoms. The lowest BCUT2D eigenvalue weighted by atomic mass is 10.1. The van der Waals surface area contributed by atoms with E-state index in [4.69, 9.17) is 10.8 Å². The van der Waals surface area contributed by atoms with E-state index in [1.807, 2.05) is 30.1 Å². The SMILES string of the molecule is CN(CCO)c1ccc(N)c2cnccc12. The second-order valence-corrected chi connectivity index (χ2v) is 3.74. The first kappa shape index (κ1) is 10.7. The van der Waals surface area contributed by atoms with Crippen molar-refractivity contribution in [2.24, 2.45) is 0 Å². The van der Waals surface area contributed by atoms with Crippen LogP contribution in [0.25, 0.3) is 10.8 Å². The molecule has 2 rings (SSSR count). The summed E-state index contributed by atoms with van der Waals surface area (Å²) in [6.07, 6.45) is 3.51. The smallest absolute Gasteiger partial charge is 0.0606 e. The number of nitrogens with zero attached hydrogens (tertiary/aromatic N) is 2. The minimum absolute atomic E-state index is 0.132. The molecule has 0 aliphatic rings. The number of aliphatic hydroxyl groups excluding tert-OH is 1. The van der Waals surface area contributed by atoms with Crippen molar-refractivity contribution in [1.29, 1.82) is 0 Å². The predicted octanol–water partition coefficient (Wildman–Crippen LogP) is 1.25. The maximum Gasteiger partial charge on any atom is 0.0606 e. The number of aromatic nitrogens is 1. The predicted molar refractivity (Wildman–Crippen MR) is 66.5 cm³/mol. The number of hydrogen-bond donors (Lipinski definition) is 2. The van der Waals surface area contributed by atoms with Crippen molar-refractivity contribution >= 4 is 22.1 Å². The van der Waals surface area contributed by atoms with Gasteiger partial charge in [-0.25, -0.2) is 0 Å². The van der Waals surface area contributed by atoms with Crippen LogP contribution >= 0.6 is 0 Å². The molecule has 0 saturated carbocycles. The summed E-state index contributed by atoms with van der Waals surface area (Å²) in [6.45, 7) is 0.731. The molecule has 1 heterocycles. The van der Waals surface area contributed by atoms with Gasteiger partial charge >= 0.3 is 0 Å². The Kier molecular flexibility index (Phi) is 2.92. The first-order valence-corrected chi connectivity index (χ1v) is 5.18. The van der Waals surface area contributed by atoms with Crippen molar-refractivity contribution in [2.75, 3.05) is 30.8 Å². The Hall–Kier alpha value is -1.81. The van der Waals surface area contributed by atoms with E-state index in [9.17, 15) is 0 Å². The maximum atomic E-state index is 8.95. The summed E-state index contributed by atoms with van der Waals surface area (Å²) >= 11 is 0. The fraction of sp³-hybridized carbons (Fsp3) is 0.250. The molecule has 0 aliphatic carbocycles. The first-order chi connectivity index (χ1) is 7.74. The molecule has 0 amide bonds. The third kappa shape index (κ3) is 1.79. The van der Waals surface area contributed by atoms with Crippen molar-refractivity contribution in [3.8, 4) is 0 Å². The molecule has 0 atom stereocenters. The van der Waals surface area contributed by atoms with Gasteiger partial charge in [0.25, 0.3) is 0 Å². The fourth-order valence-corrected chi connectivity index (χ4v) is 1.80. The summed E-state index contributed by atoms with van der Waals surface area (Å²) in [6, 6.07) is 5.77. The van der Waals surface area contributed by atoms with Crippen molar-refractivity contribution in [1.82, 2.24) is 4.98 Å². The Morgan fingerprint density at radius 2 is 2.12 bits per heavy atom. The van der Waals surface area contributed by atoms with Crippen molar-refractivity contribution in [3.63, 3.8) is 0 Å². The highest BCUT2D eigenvalue weighted by Gasteiger charge is 2.07. The number of anilines is 2. The highest BCUT2D eigenvalue weighted by molar-refractivity contribution is 6.00. The summed E-state index contributed by atoms with van der Waals surface area (Å²) in [5.41, 5.74) is 7.67. The topological polar surface area (TPSA) is 62.4 Å². The van der Waals surface area contributed by atoms with Gasteiger partial charge in [-0.1, -0.05) is 0 Å². The lowest BCUT2D eigenvalue weighted by molar-refractivity contribution is 0.304. The van der Waals surface area contributed by atoms with Gasteiger partial charge < -0.3 is 15.7 Å². The van der Waals surface area contributed by atoms with Gasteiger partial charge in [-0.15, -0.1) is 0 Å². The van der Waals surface area contributed by atoms with E-state index in [1.165, 1.54) is 0 Å². The number of fused-ring (bicyclic) bond motifs is 1. The van der Waals surface area contributed by atoms with E-state index in [-0.39, 0.29) is 6.61 Å². The fourth-order valence-electron chi connectivity index (χ4n) is 1.80. The normalized spacial score (nSPS) is 10.6. The molecule has 16 heavy (non-hydrogen) atoms. The van der Waals surface area contributed by atoms with Gasteiger partial charge in [0.1, 0.15) is 0 Å². The van der Waals surface area contributed by atoms with Crippen molar-refractivity contribution in [3.05, 3.63) is 30.6 Å². The van der Waals surface area contributed by atoms with Crippen LogP contribution in [0.1, 0.15) is 0 Å².